The molecule has 2 fully saturated rings. The van der Waals surface area contributed by atoms with Gasteiger partial charge in [0.15, 0.2) is 0 Å². The van der Waals surface area contributed by atoms with Gasteiger partial charge in [-0.2, -0.15) is 5.10 Å². The molecule has 4 aliphatic heterocycles. The van der Waals surface area contributed by atoms with Crippen LogP contribution in [0, 0.1) is 0 Å². The van der Waals surface area contributed by atoms with Crippen molar-refractivity contribution in [1.29, 1.82) is 0 Å². The molecule has 212 valence electrons. The number of likely N-dealkylation sites (tertiary alicyclic amines) is 1. The molecule has 0 radical (unpaired) electrons. The van der Waals surface area contributed by atoms with Gasteiger partial charge in [-0.3, -0.25) is 29.3 Å². The zero-order valence-electron chi connectivity index (χ0n) is 22.8. The molecule has 1 N–H and O–H groups in total. The topological polar surface area (TPSA) is 96.8 Å². The molecule has 3 aromatic rings. The molecule has 2 saturated heterocycles. The lowest BCUT2D eigenvalue weighted by molar-refractivity contribution is -0.136. The Balaban J connectivity index is 1.03. The maximum absolute atomic E-state index is 13.2. The summed E-state index contributed by atoms with van der Waals surface area (Å²) < 4.78 is 20.6. The largest absolute Gasteiger partial charge is 0.492 e. The number of hydrogen-bond acceptors (Lipinski definition) is 6. The Morgan fingerprint density at radius 3 is 2.76 bits per heavy atom. The van der Waals surface area contributed by atoms with E-state index in [4.69, 9.17) is 4.74 Å². The lowest BCUT2D eigenvalue weighted by atomic mass is 9.74. The van der Waals surface area contributed by atoms with Gasteiger partial charge in [-0.05, 0) is 55.6 Å². The van der Waals surface area contributed by atoms with E-state index >= 15 is 0 Å². The number of ether oxygens (including phenoxy) is 1. The van der Waals surface area contributed by atoms with Gasteiger partial charge in [0.05, 0.1) is 25.9 Å². The predicted molar refractivity (Wildman–Crippen MR) is 148 cm³/mol. The van der Waals surface area contributed by atoms with Crippen molar-refractivity contribution in [2.24, 2.45) is 0 Å². The zero-order valence-corrected chi connectivity index (χ0v) is 22.8. The number of rotatable bonds is 6. The number of imide groups is 1. The summed E-state index contributed by atoms with van der Waals surface area (Å²) in [5, 5.41) is 6.62. The minimum Gasteiger partial charge on any atom is -0.492 e. The first-order valence-corrected chi connectivity index (χ1v) is 14.3. The number of fused-ring (bicyclic) bond motifs is 4. The molecule has 0 saturated carbocycles. The summed E-state index contributed by atoms with van der Waals surface area (Å²) in [7, 11) is 0. The molecular weight excluding hydrogens is 525 g/mol. The van der Waals surface area contributed by atoms with Crippen LogP contribution in [0.3, 0.4) is 0 Å². The third kappa shape index (κ3) is 4.50. The van der Waals surface area contributed by atoms with Gasteiger partial charge in [0.25, 0.3) is 5.91 Å². The molecule has 1 atom stereocenters. The number of nitrogens with one attached hydrogen (secondary N) is 1. The molecule has 10 heteroatoms. The fourth-order valence-electron chi connectivity index (χ4n) is 6.87. The smallest absolute Gasteiger partial charge is 0.255 e. The van der Waals surface area contributed by atoms with Crippen LogP contribution in [0.15, 0.2) is 48.8 Å². The predicted octanol–water partition coefficient (Wildman–Crippen LogP) is 3.21. The molecule has 0 bridgehead atoms. The summed E-state index contributed by atoms with van der Waals surface area (Å²) in [6, 6.07) is 11.8. The zero-order chi connectivity index (χ0) is 28.1. The van der Waals surface area contributed by atoms with Gasteiger partial charge in [0, 0.05) is 46.8 Å². The van der Waals surface area contributed by atoms with Crippen LogP contribution in [0.2, 0.25) is 0 Å². The number of amides is 3. The number of piperidine rings is 2. The van der Waals surface area contributed by atoms with Crippen molar-refractivity contribution < 1.29 is 23.5 Å². The third-order valence-electron chi connectivity index (χ3n) is 9.16. The van der Waals surface area contributed by atoms with Crippen LogP contribution in [0.4, 0.5) is 4.39 Å². The number of aryl methyl sites for hydroxylation is 1. The van der Waals surface area contributed by atoms with Gasteiger partial charge in [-0.1, -0.05) is 24.3 Å². The highest BCUT2D eigenvalue weighted by atomic mass is 19.1. The summed E-state index contributed by atoms with van der Waals surface area (Å²) in [4.78, 5) is 41.4. The molecule has 1 aromatic heterocycles. The van der Waals surface area contributed by atoms with E-state index < -0.39 is 18.6 Å². The highest BCUT2D eigenvalue weighted by Gasteiger charge is 2.47. The third-order valence-corrected chi connectivity index (χ3v) is 9.16. The van der Waals surface area contributed by atoms with E-state index in [0.29, 0.717) is 25.1 Å². The Kier molecular flexibility index (Phi) is 6.37. The molecule has 9 nitrogen and oxygen atoms in total. The molecule has 2 aromatic carbocycles. The van der Waals surface area contributed by atoms with Crippen molar-refractivity contribution in [3.05, 3.63) is 71.0 Å². The lowest BCUT2D eigenvalue weighted by Crippen LogP contribution is -2.52. The second-order valence-electron chi connectivity index (χ2n) is 11.6. The van der Waals surface area contributed by atoms with Crippen LogP contribution in [0.5, 0.6) is 5.75 Å². The summed E-state index contributed by atoms with van der Waals surface area (Å²) >= 11 is 0. The van der Waals surface area contributed by atoms with E-state index in [1.165, 1.54) is 11.1 Å². The average molecular weight is 558 g/mol. The molecule has 7 rings (SSSR count). The van der Waals surface area contributed by atoms with Crippen LogP contribution in [0.25, 0.3) is 11.1 Å². The molecule has 0 aliphatic carbocycles. The standard InChI is InChI=1S/C31H32FN5O4/c32-10-13-36-17-22(15-33-36)21-3-1-2-20(14-21)16-35-11-8-31(9-12-35)19-41-28-24-18-37(26-6-7-27(38)34-29(26)39)30(40)23(24)4-5-25(28)31/h1-5,14-15,17,26H,6-13,16,18-19H2,(H,34,38,39)/t26-/m0/s1. The van der Waals surface area contributed by atoms with Crippen LogP contribution in [-0.4, -0.2) is 69.7 Å². The first-order valence-electron chi connectivity index (χ1n) is 14.3. The Morgan fingerprint density at radius 1 is 1.10 bits per heavy atom. The number of carbonyl (C=O) groups excluding carboxylic acids is 3. The fraction of sp³-hybridized carbons (Fsp3) is 0.419. The Morgan fingerprint density at radius 2 is 1.95 bits per heavy atom. The minimum absolute atomic E-state index is 0.0845. The molecule has 4 aliphatic rings. The van der Waals surface area contributed by atoms with Crippen molar-refractivity contribution in [1.82, 2.24) is 24.9 Å². The normalized spacial score (nSPS) is 21.6. The second-order valence-corrected chi connectivity index (χ2v) is 11.6. The molecule has 41 heavy (non-hydrogen) atoms. The van der Waals surface area contributed by atoms with E-state index in [1.807, 2.05) is 12.3 Å². The van der Waals surface area contributed by atoms with Crippen LogP contribution in [-0.2, 0) is 34.6 Å². The summed E-state index contributed by atoms with van der Waals surface area (Å²) in [6.45, 7) is 3.45. The van der Waals surface area contributed by atoms with E-state index in [0.717, 1.165) is 54.9 Å². The molecular formula is C31H32FN5O4. The Bertz CT molecular complexity index is 1540. The maximum Gasteiger partial charge on any atom is 0.255 e. The van der Waals surface area contributed by atoms with E-state index in [9.17, 15) is 18.8 Å². The van der Waals surface area contributed by atoms with Crippen LogP contribution < -0.4 is 10.1 Å². The molecule has 5 heterocycles. The van der Waals surface area contributed by atoms with Crippen molar-refractivity contribution in [3.8, 4) is 16.9 Å². The SMILES string of the molecule is O=C1CC[C@H](N2Cc3c(ccc4c3OCC43CCN(Cc4cccc(-c5cnn(CCF)c5)c4)CC3)C2=O)C(=O)N1. The van der Waals surface area contributed by atoms with E-state index in [1.54, 1.807) is 15.8 Å². The van der Waals surface area contributed by atoms with Crippen LogP contribution in [0.1, 0.15) is 52.7 Å². The number of aromatic nitrogens is 2. The van der Waals surface area contributed by atoms with Gasteiger partial charge < -0.3 is 9.64 Å². The second kappa shape index (κ2) is 10.1. The Hall–Kier alpha value is -4.05. The highest BCUT2D eigenvalue weighted by molar-refractivity contribution is 6.05. The number of nitrogens with zero attached hydrogens (tertiary/aromatic N) is 4. The van der Waals surface area contributed by atoms with E-state index in [2.05, 4.69) is 45.6 Å². The van der Waals surface area contributed by atoms with Gasteiger partial charge in [0.2, 0.25) is 11.8 Å². The summed E-state index contributed by atoms with van der Waals surface area (Å²) in [5.74, 6) is -0.0576. The Labute approximate surface area is 237 Å². The first kappa shape index (κ1) is 25.9. The van der Waals surface area contributed by atoms with Gasteiger partial charge in [-0.25, -0.2) is 4.39 Å². The highest BCUT2D eigenvalue weighted by Crippen LogP contribution is 2.49. The summed E-state index contributed by atoms with van der Waals surface area (Å²) in [5.41, 5.74) is 5.83. The number of halogens is 1. The summed E-state index contributed by atoms with van der Waals surface area (Å²) in [6.07, 6.45) is 6.16. The van der Waals surface area contributed by atoms with Crippen molar-refractivity contribution in [2.75, 3.05) is 26.4 Å². The number of benzene rings is 2. The number of hydrogen-bond donors (Lipinski definition) is 1. The maximum atomic E-state index is 13.2. The van der Waals surface area contributed by atoms with Crippen LogP contribution >= 0.6 is 0 Å². The van der Waals surface area contributed by atoms with E-state index in [-0.39, 0.29) is 30.2 Å². The first-order chi connectivity index (χ1) is 19.9. The average Bonchev–Trinajstić information content (AvgIpc) is 3.67. The quantitative estimate of drug-likeness (QED) is 0.468. The number of alkyl halides is 1. The van der Waals surface area contributed by atoms with Gasteiger partial charge in [0.1, 0.15) is 18.5 Å². The minimum atomic E-state index is -0.633. The van der Waals surface area contributed by atoms with Crippen molar-refractivity contribution in [3.63, 3.8) is 0 Å². The number of carbonyl (C=O) groups is 3. The van der Waals surface area contributed by atoms with Crippen molar-refractivity contribution in [2.45, 2.75) is 56.8 Å². The van der Waals surface area contributed by atoms with Gasteiger partial charge in [-0.15, -0.1) is 0 Å². The molecule has 0 unspecified atom stereocenters. The lowest BCUT2D eigenvalue weighted by Gasteiger charge is -2.38. The van der Waals surface area contributed by atoms with Gasteiger partial charge >= 0.3 is 0 Å². The molecule has 3 amide bonds. The fourth-order valence-corrected chi connectivity index (χ4v) is 6.87. The van der Waals surface area contributed by atoms with Crippen molar-refractivity contribution >= 4 is 17.7 Å². The monoisotopic (exact) mass is 557 g/mol. The molecule has 1 spiro atoms.